The molecule has 0 aromatic heterocycles. The Kier molecular flexibility index (Phi) is 4.08. The molecule has 0 bridgehead atoms. The van der Waals surface area contributed by atoms with Gasteiger partial charge in [0.05, 0.1) is 12.8 Å². The molecule has 24 heavy (non-hydrogen) atoms. The Hall–Kier alpha value is -3.08. The molecule has 1 heterocycles. The molecule has 2 aromatic carbocycles. The van der Waals surface area contributed by atoms with Gasteiger partial charge in [-0.25, -0.2) is 5.01 Å². The molecule has 2 amide bonds. The van der Waals surface area contributed by atoms with E-state index in [0.717, 1.165) is 22.4 Å². The summed E-state index contributed by atoms with van der Waals surface area (Å²) in [5.41, 5.74) is 6.20. The normalized spacial score (nSPS) is 15.8. The summed E-state index contributed by atoms with van der Waals surface area (Å²) in [6, 6.07) is 12.9. The highest BCUT2D eigenvalue weighted by atomic mass is 16.5. The fourth-order valence-electron chi connectivity index (χ4n) is 2.65. The number of nitrogens with zero attached hydrogens (tertiary/aromatic N) is 1. The number of carbonyl (C=O) groups is 2. The molecule has 1 N–H and O–H groups in total. The molecule has 1 saturated heterocycles. The second-order valence-corrected chi connectivity index (χ2v) is 5.70. The molecule has 5 heteroatoms. The maximum absolute atomic E-state index is 12.6. The van der Waals surface area contributed by atoms with Crippen LogP contribution in [0.4, 0.5) is 5.69 Å². The van der Waals surface area contributed by atoms with Crippen LogP contribution in [0.1, 0.15) is 16.7 Å². The quantitative estimate of drug-likeness (QED) is 0.698. The number of nitrogens with one attached hydrogen (secondary N) is 1. The zero-order chi connectivity index (χ0) is 17.3. The zero-order valence-corrected chi connectivity index (χ0v) is 13.8. The van der Waals surface area contributed by atoms with Gasteiger partial charge in [-0.3, -0.25) is 15.0 Å². The molecule has 1 fully saturated rings. The Labute approximate surface area is 140 Å². The highest BCUT2D eigenvalue weighted by Gasteiger charge is 2.35. The molecule has 2 aromatic rings. The van der Waals surface area contributed by atoms with Crippen LogP contribution < -0.4 is 15.2 Å². The molecular weight excluding hydrogens is 304 g/mol. The van der Waals surface area contributed by atoms with Crippen molar-refractivity contribution in [1.29, 1.82) is 0 Å². The maximum Gasteiger partial charge on any atom is 0.282 e. The van der Waals surface area contributed by atoms with Crippen LogP contribution >= 0.6 is 0 Å². The lowest BCUT2D eigenvalue weighted by molar-refractivity contribution is -0.117. The number of hydrogen-bond acceptors (Lipinski definition) is 3. The van der Waals surface area contributed by atoms with E-state index in [9.17, 15) is 9.59 Å². The number of rotatable bonds is 3. The molecule has 1 aliphatic rings. The topological polar surface area (TPSA) is 58.6 Å². The minimum atomic E-state index is -0.407. The molecule has 0 radical (unpaired) electrons. The monoisotopic (exact) mass is 322 g/mol. The number of methoxy groups -OCH3 is 1. The van der Waals surface area contributed by atoms with Gasteiger partial charge in [0.25, 0.3) is 11.8 Å². The van der Waals surface area contributed by atoms with Crippen molar-refractivity contribution in [2.24, 2.45) is 0 Å². The number of carbonyl (C=O) groups excluding carboxylic acids is 2. The number of ether oxygens (including phenoxy) is 1. The maximum atomic E-state index is 12.6. The number of benzene rings is 2. The molecule has 0 aliphatic carbocycles. The van der Waals surface area contributed by atoms with Crippen molar-refractivity contribution in [2.75, 3.05) is 12.1 Å². The summed E-state index contributed by atoms with van der Waals surface area (Å²) in [5.74, 6) is -0.0465. The van der Waals surface area contributed by atoms with Gasteiger partial charge < -0.3 is 4.74 Å². The minimum Gasteiger partial charge on any atom is -0.497 e. The van der Waals surface area contributed by atoms with E-state index in [2.05, 4.69) is 5.43 Å². The Morgan fingerprint density at radius 3 is 2.38 bits per heavy atom. The number of amides is 2. The van der Waals surface area contributed by atoms with Crippen LogP contribution in [-0.4, -0.2) is 18.9 Å². The first-order chi connectivity index (χ1) is 11.5. The average Bonchev–Trinajstić information content (AvgIpc) is 2.84. The molecule has 0 spiro atoms. The Morgan fingerprint density at radius 2 is 1.75 bits per heavy atom. The van der Waals surface area contributed by atoms with Gasteiger partial charge in [-0.15, -0.1) is 0 Å². The highest BCUT2D eigenvalue weighted by molar-refractivity contribution is 6.31. The van der Waals surface area contributed by atoms with Crippen LogP contribution in [0.2, 0.25) is 0 Å². The summed E-state index contributed by atoms with van der Waals surface area (Å²) in [6.45, 7) is 3.89. The minimum absolute atomic E-state index is 0.111. The van der Waals surface area contributed by atoms with Crippen molar-refractivity contribution >= 4 is 23.6 Å². The second-order valence-electron chi connectivity index (χ2n) is 5.70. The van der Waals surface area contributed by atoms with Gasteiger partial charge in [-0.2, -0.15) is 0 Å². The summed E-state index contributed by atoms with van der Waals surface area (Å²) in [4.78, 5) is 24.8. The van der Waals surface area contributed by atoms with E-state index in [-0.39, 0.29) is 11.5 Å². The summed E-state index contributed by atoms with van der Waals surface area (Å²) >= 11 is 0. The van der Waals surface area contributed by atoms with Crippen molar-refractivity contribution in [2.45, 2.75) is 13.8 Å². The standard InChI is InChI=1S/C19H18N2O3/c1-12-4-9-17(13(2)10-12)21-19(23)16(18(22)20-21)11-14-5-7-15(24-3)8-6-14/h4-11H,1-3H3,(H,20,22)/b16-11-. The average molecular weight is 322 g/mol. The first-order valence-corrected chi connectivity index (χ1v) is 7.58. The van der Waals surface area contributed by atoms with Gasteiger partial charge in [0.15, 0.2) is 0 Å². The lowest BCUT2D eigenvalue weighted by atomic mass is 10.1. The van der Waals surface area contributed by atoms with Gasteiger partial charge in [0, 0.05) is 0 Å². The molecule has 1 aliphatic heterocycles. The van der Waals surface area contributed by atoms with E-state index in [1.807, 2.05) is 32.0 Å². The predicted molar refractivity (Wildman–Crippen MR) is 92.5 cm³/mol. The van der Waals surface area contributed by atoms with Crippen molar-refractivity contribution in [3.63, 3.8) is 0 Å². The SMILES string of the molecule is COc1ccc(/C=C2/C(=O)NN(c3ccc(C)cc3C)C2=O)cc1. The molecule has 5 nitrogen and oxygen atoms in total. The van der Waals surface area contributed by atoms with E-state index in [4.69, 9.17) is 4.74 Å². The number of anilines is 1. The highest BCUT2D eigenvalue weighted by Crippen LogP contribution is 2.25. The molecule has 0 unspecified atom stereocenters. The summed E-state index contributed by atoms with van der Waals surface area (Å²) in [5, 5.41) is 1.30. The first-order valence-electron chi connectivity index (χ1n) is 7.58. The lowest BCUT2D eigenvalue weighted by Crippen LogP contribution is -2.36. The van der Waals surface area contributed by atoms with E-state index in [1.165, 1.54) is 5.01 Å². The number of hydrogen-bond donors (Lipinski definition) is 1. The van der Waals surface area contributed by atoms with Gasteiger partial charge in [-0.05, 0) is 49.2 Å². The van der Waals surface area contributed by atoms with Gasteiger partial charge in [-0.1, -0.05) is 29.8 Å². The van der Waals surface area contributed by atoms with Gasteiger partial charge >= 0.3 is 0 Å². The van der Waals surface area contributed by atoms with Crippen molar-refractivity contribution < 1.29 is 14.3 Å². The fraction of sp³-hybridized carbons (Fsp3) is 0.158. The molecule has 0 atom stereocenters. The molecule has 122 valence electrons. The van der Waals surface area contributed by atoms with Crippen LogP contribution in [0, 0.1) is 13.8 Å². The van der Waals surface area contributed by atoms with Gasteiger partial charge in [0.2, 0.25) is 0 Å². The van der Waals surface area contributed by atoms with Crippen molar-refractivity contribution in [1.82, 2.24) is 5.43 Å². The number of aryl methyl sites for hydroxylation is 2. The Morgan fingerprint density at radius 1 is 1.04 bits per heavy atom. The van der Waals surface area contributed by atoms with Crippen LogP contribution in [-0.2, 0) is 9.59 Å². The van der Waals surface area contributed by atoms with E-state index >= 15 is 0 Å². The van der Waals surface area contributed by atoms with E-state index in [1.54, 1.807) is 37.5 Å². The van der Waals surface area contributed by atoms with Crippen molar-refractivity contribution in [3.05, 3.63) is 64.7 Å². The fourth-order valence-corrected chi connectivity index (χ4v) is 2.65. The smallest absolute Gasteiger partial charge is 0.282 e. The summed E-state index contributed by atoms with van der Waals surface area (Å²) in [7, 11) is 1.59. The lowest BCUT2D eigenvalue weighted by Gasteiger charge is -2.17. The zero-order valence-electron chi connectivity index (χ0n) is 13.8. The molecule has 0 saturated carbocycles. The third-order valence-corrected chi connectivity index (χ3v) is 3.91. The van der Waals surface area contributed by atoms with Crippen molar-refractivity contribution in [3.8, 4) is 5.75 Å². The third-order valence-electron chi connectivity index (χ3n) is 3.91. The molecular formula is C19H18N2O3. The Balaban J connectivity index is 1.92. The first kappa shape index (κ1) is 15.8. The summed E-state index contributed by atoms with van der Waals surface area (Å²) < 4.78 is 5.10. The number of hydrazine groups is 1. The molecule has 3 rings (SSSR count). The third kappa shape index (κ3) is 2.88. The van der Waals surface area contributed by atoms with Crippen LogP contribution in [0.3, 0.4) is 0 Å². The van der Waals surface area contributed by atoms with Crippen LogP contribution in [0.15, 0.2) is 48.0 Å². The largest absolute Gasteiger partial charge is 0.497 e. The van der Waals surface area contributed by atoms with Crippen LogP contribution in [0.5, 0.6) is 5.75 Å². The predicted octanol–water partition coefficient (Wildman–Crippen LogP) is 2.77. The summed E-state index contributed by atoms with van der Waals surface area (Å²) in [6.07, 6.45) is 1.58. The van der Waals surface area contributed by atoms with Crippen LogP contribution in [0.25, 0.3) is 6.08 Å². The van der Waals surface area contributed by atoms with E-state index < -0.39 is 5.91 Å². The Bertz CT molecular complexity index is 838. The second kappa shape index (κ2) is 6.20. The van der Waals surface area contributed by atoms with Gasteiger partial charge in [0.1, 0.15) is 11.3 Å². The van der Waals surface area contributed by atoms with E-state index in [0.29, 0.717) is 5.69 Å².